The van der Waals surface area contributed by atoms with Gasteiger partial charge >= 0.3 is 5.97 Å². The van der Waals surface area contributed by atoms with Crippen LogP contribution in [0.5, 0.6) is 0 Å². The van der Waals surface area contributed by atoms with Gasteiger partial charge < -0.3 is 5.11 Å². The number of imidazole rings is 1. The minimum Gasteiger partial charge on any atom is -0.476 e. The summed E-state index contributed by atoms with van der Waals surface area (Å²) in [7, 11) is 0. The van der Waals surface area contributed by atoms with Gasteiger partial charge in [0.15, 0.2) is 5.69 Å². The van der Waals surface area contributed by atoms with E-state index in [1.807, 2.05) is 24.3 Å². The van der Waals surface area contributed by atoms with Crippen LogP contribution in [0.25, 0.3) is 16.9 Å². The molecule has 0 aliphatic carbocycles. The van der Waals surface area contributed by atoms with Gasteiger partial charge in [-0.05, 0) is 29.8 Å². The van der Waals surface area contributed by atoms with Crippen molar-refractivity contribution in [1.29, 1.82) is 0 Å². The molecule has 0 fully saturated rings. The van der Waals surface area contributed by atoms with Crippen LogP contribution in [0.15, 0.2) is 48.7 Å². The van der Waals surface area contributed by atoms with Crippen molar-refractivity contribution in [3.8, 4) is 11.3 Å². The Bertz CT molecular complexity index is 763. The lowest BCUT2D eigenvalue weighted by Crippen LogP contribution is -1.95. The molecule has 3 aromatic rings. The van der Waals surface area contributed by atoms with Crippen molar-refractivity contribution >= 4 is 23.2 Å². The number of nitrogens with zero attached hydrogens (tertiary/aromatic N) is 2. The van der Waals surface area contributed by atoms with E-state index in [0.717, 1.165) is 11.3 Å². The molecule has 19 heavy (non-hydrogen) atoms. The third kappa shape index (κ3) is 2.06. The minimum absolute atomic E-state index is 0.0291. The molecule has 0 radical (unpaired) electrons. The number of aromatic nitrogens is 2. The van der Waals surface area contributed by atoms with Crippen molar-refractivity contribution in [3.63, 3.8) is 0 Å². The maximum Gasteiger partial charge on any atom is 0.356 e. The van der Waals surface area contributed by atoms with E-state index in [-0.39, 0.29) is 5.69 Å². The number of benzene rings is 1. The largest absolute Gasteiger partial charge is 0.476 e. The molecule has 0 atom stereocenters. The van der Waals surface area contributed by atoms with E-state index < -0.39 is 5.97 Å². The van der Waals surface area contributed by atoms with Gasteiger partial charge in [0.05, 0.1) is 5.69 Å². The lowest BCUT2D eigenvalue weighted by atomic mass is 10.1. The first-order chi connectivity index (χ1) is 9.15. The number of hydrogen-bond donors (Lipinski definition) is 1. The van der Waals surface area contributed by atoms with E-state index >= 15 is 0 Å². The predicted molar refractivity (Wildman–Crippen MR) is 72.6 cm³/mol. The molecule has 0 spiro atoms. The fourth-order valence-corrected chi connectivity index (χ4v) is 2.10. The van der Waals surface area contributed by atoms with E-state index in [0.29, 0.717) is 10.7 Å². The number of halogens is 1. The number of carboxylic acid groups (broad SMARTS) is 1. The molecule has 2 aromatic heterocycles. The molecule has 0 saturated carbocycles. The second-order valence-corrected chi connectivity index (χ2v) is 4.51. The lowest BCUT2D eigenvalue weighted by molar-refractivity contribution is 0.0691. The Morgan fingerprint density at radius 3 is 2.58 bits per heavy atom. The van der Waals surface area contributed by atoms with Crippen LogP contribution in [-0.4, -0.2) is 20.5 Å². The molecule has 0 saturated heterocycles. The lowest BCUT2D eigenvalue weighted by Gasteiger charge is -2.05. The first kappa shape index (κ1) is 11.7. The highest BCUT2D eigenvalue weighted by atomic mass is 35.5. The quantitative estimate of drug-likeness (QED) is 0.778. The van der Waals surface area contributed by atoms with Crippen molar-refractivity contribution < 1.29 is 9.90 Å². The van der Waals surface area contributed by atoms with E-state index in [1.54, 1.807) is 22.6 Å². The highest BCUT2D eigenvalue weighted by molar-refractivity contribution is 6.30. The molecule has 0 aliphatic rings. The molecule has 3 rings (SSSR count). The van der Waals surface area contributed by atoms with Gasteiger partial charge in [-0.25, -0.2) is 9.78 Å². The Kier molecular flexibility index (Phi) is 2.72. The van der Waals surface area contributed by atoms with Gasteiger partial charge in [-0.15, -0.1) is 0 Å². The number of hydrogen-bond acceptors (Lipinski definition) is 2. The second kappa shape index (κ2) is 4.40. The zero-order chi connectivity index (χ0) is 13.4. The van der Waals surface area contributed by atoms with Crippen molar-refractivity contribution in [1.82, 2.24) is 9.38 Å². The predicted octanol–water partition coefficient (Wildman–Crippen LogP) is 3.35. The van der Waals surface area contributed by atoms with Gasteiger partial charge in [0.2, 0.25) is 0 Å². The summed E-state index contributed by atoms with van der Waals surface area (Å²) in [5, 5.41) is 9.65. The van der Waals surface area contributed by atoms with Crippen molar-refractivity contribution in [2.24, 2.45) is 0 Å². The van der Waals surface area contributed by atoms with E-state index in [2.05, 4.69) is 4.98 Å². The van der Waals surface area contributed by atoms with Gasteiger partial charge in [-0.1, -0.05) is 29.8 Å². The summed E-state index contributed by atoms with van der Waals surface area (Å²) in [6.07, 6.45) is 1.52. The normalized spacial score (nSPS) is 10.8. The minimum atomic E-state index is -1.04. The molecule has 0 aliphatic heterocycles. The zero-order valence-electron chi connectivity index (χ0n) is 9.75. The molecule has 0 amide bonds. The van der Waals surface area contributed by atoms with Gasteiger partial charge in [-0.2, -0.15) is 0 Å². The fraction of sp³-hybridized carbons (Fsp3) is 0. The van der Waals surface area contributed by atoms with Crippen molar-refractivity contribution in [3.05, 3.63) is 59.4 Å². The molecule has 0 bridgehead atoms. The van der Waals surface area contributed by atoms with Crippen LogP contribution < -0.4 is 0 Å². The van der Waals surface area contributed by atoms with Gasteiger partial charge in [0.1, 0.15) is 5.65 Å². The topological polar surface area (TPSA) is 54.6 Å². The van der Waals surface area contributed by atoms with Gasteiger partial charge in [0, 0.05) is 11.2 Å². The third-order valence-corrected chi connectivity index (χ3v) is 3.10. The summed E-state index contributed by atoms with van der Waals surface area (Å²) in [5.74, 6) is -1.04. The Hall–Kier alpha value is -2.33. The first-order valence-corrected chi connectivity index (χ1v) is 6.00. The summed E-state index contributed by atoms with van der Waals surface area (Å²) in [5.41, 5.74) is 2.45. The average Bonchev–Trinajstić information content (AvgIpc) is 2.83. The molecule has 1 N–H and O–H groups in total. The SMILES string of the molecule is O=C(O)c1cn2c(-c3ccc(Cl)cc3)cccc2n1. The van der Waals surface area contributed by atoms with Crippen molar-refractivity contribution in [2.45, 2.75) is 0 Å². The van der Waals surface area contributed by atoms with E-state index in [4.69, 9.17) is 16.7 Å². The Morgan fingerprint density at radius 2 is 1.89 bits per heavy atom. The zero-order valence-corrected chi connectivity index (χ0v) is 10.5. The third-order valence-electron chi connectivity index (χ3n) is 2.85. The number of aromatic carboxylic acids is 1. The Labute approximate surface area is 113 Å². The summed E-state index contributed by atoms with van der Waals surface area (Å²) >= 11 is 5.87. The summed E-state index contributed by atoms with van der Waals surface area (Å²) < 4.78 is 1.76. The number of fused-ring (bicyclic) bond motifs is 1. The van der Waals surface area contributed by atoms with Crippen LogP contribution in [0.2, 0.25) is 5.02 Å². The monoisotopic (exact) mass is 272 g/mol. The Morgan fingerprint density at radius 1 is 1.16 bits per heavy atom. The average molecular weight is 273 g/mol. The fourth-order valence-electron chi connectivity index (χ4n) is 1.97. The smallest absolute Gasteiger partial charge is 0.356 e. The molecule has 0 unspecified atom stereocenters. The Balaban J connectivity index is 2.23. The molecule has 2 heterocycles. The summed E-state index contributed by atoms with van der Waals surface area (Å²) in [6, 6.07) is 12.9. The number of carboxylic acids is 1. The van der Waals surface area contributed by atoms with Gasteiger partial charge in [-0.3, -0.25) is 4.40 Å². The van der Waals surface area contributed by atoms with E-state index in [9.17, 15) is 4.79 Å². The first-order valence-electron chi connectivity index (χ1n) is 5.62. The molecule has 4 nitrogen and oxygen atoms in total. The highest BCUT2D eigenvalue weighted by Gasteiger charge is 2.11. The number of rotatable bonds is 2. The molecule has 5 heteroatoms. The maximum atomic E-state index is 11.0. The maximum absolute atomic E-state index is 11.0. The summed E-state index contributed by atoms with van der Waals surface area (Å²) in [4.78, 5) is 15.0. The van der Waals surface area contributed by atoms with Gasteiger partial charge in [0.25, 0.3) is 0 Å². The summed E-state index contributed by atoms with van der Waals surface area (Å²) in [6.45, 7) is 0. The molecule has 1 aromatic carbocycles. The second-order valence-electron chi connectivity index (χ2n) is 4.08. The number of carbonyl (C=O) groups is 1. The highest BCUT2D eigenvalue weighted by Crippen LogP contribution is 2.23. The molecular formula is C14H9ClN2O2. The van der Waals surface area contributed by atoms with Crippen LogP contribution in [0.1, 0.15) is 10.5 Å². The van der Waals surface area contributed by atoms with E-state index in [1.165, 1.54) is 6.20 Å². The standard InChI is InChI=1S/C14H9ClN2O2/c15-10-6-4-9(5-7-10)12-2-1-3-13-16-11(14(18)19)8-17(12)13/h1-8H,(H,18,19). The van der Waals surface area contributed by atoms with Crippen LogP contribution in [-0.2, 0) is 0 Å². The van der Waals surface area contributed by atoms with Crippen LogP contribution >= 0.6 is 11.6 Å². The number of pyridine rings is 1. The molecule has 94 valence electrons. The molecular weight excluding hydrogens is 264 g/mol. The van der Waals surface area contributed by atoms with Crippen LogP contribution in [0.4, 0.5) is 0 Å². The van der Waals surface area contributed by atoms with Crippen LogP contribution in [0, 0.1) is 0 Å². The van der Waals surface area contributed by atoms with Crippen LogP contribution in [0.3, 0.4) is 0 Å². The van der Waals surface area contributed by atoms with Crippen molar-refractivity contribution in [2.75, 3.05) is 0 Å².